The second-order valence-electron chi connectivity index (χ2n) is 5.64. The molecule has 6 nitrogen and oxygen atoms in total. The van der Waals surface area contributed by atoms with Crippen LogP contribution in [-0.4, -0.2) is 72.1 Å². The lowest BCUT2D eigenvalue weighted by Gasteiger charge is -2.25. The molecule has 0 radical (unpaired) electrons. The van der Waals surface area contributed by atoms with Crippen LogP contribution < -0.4 is 5.32 Å². The summed E-state index contributed by atoms with van der Waals surface area (Å²) in [7, 11) is 1.61. The summed E-state index contributed by atoms with van der Waals surface area (Å²) in [6.07, 6.45) is 0. The number of aliphatic hydroxyl groups excluding tert-OH is 1. The number of aliphatic hydroxyl groups is 1. The summed E-state index contributed by atoms with van der Waals surface area (Å²) in [4.78, 5) is 26.8. The quantitative estimate of drug-likeness (QED) is 0.666. The highest BCUT2D eigenvalue weighted by atomic mass is 16.3. The van der Waals surface area contributed by atoms with Crippen molar-refractivity contribution in [3.8, 4) is 0 Å². The van der Waals surface area contributed by atoms with Crippen molar-refractivity contribution in [2.24, 2.45) is 0 Å². The van der Waals surface area contributed by atoms with Gasteiger partial charge < -0.3 is 15.3 Å². The van der Waals surface area contributed by atoms with Crippen LogP contribution in [0.1, 0.15) is 27.7 Å². The molecule has 0 aliphatic heterocycles. The van der Waals surface area contributed by atoms with Gasteiger partial charge in [-0.2, -0.15) is 0 Å². The van der Waals surface area contributed by atoms with E-state index in [9.17, 15) is 9.59 Å². The second kappa shape index (κ2) is 8.12. The standard InChI is InChI=1S/C13H27N3O3/c1-6-16(7-8-17)10-12(19)15(5)9-11(18)14-13(2,3)4/h17H,6-10H2,1-5H3,(H,14,18). The molecule has 112 valence electrons. The summed E-state index contributed by atoms with van der Waals surface area (Å²) in [5, 5.41) is 11.7. The molecule has 0 aromatic heterocycles. The normalized spacial score (nSPS) is 11.5. The van der Waals surface area contributed by atoms with Gasteiger partial charge >= 0.3 is 0 Å². The highest BCUT2D eigenvalue weighted by molar-refractivity contribution is 5.85. The smallest absolute Gasteiger partial charge is 0.240 e. The van der Waals surface area contributed by atoms with Crippen LogP contribution in [0.15, 0.2) is 0 Å². The van der Waals surface area contributed by atoms with E-state index in [2.05, 4.69) is 5.32 Å². The minimum Gasteiger partial charge on any atom is -0.395 e. The van der Waals surface area contributed by atoms with E-state index >= 15 is 0 Å². The third kappa shape index (κ3) is 8.56. The first-order valence-corrected chi connectivity index (χ1v) is 6.57. The molecule has 0 atom stereocenters. The zero-order valence-corrected chi connectivity index (χ0v) is 12.7. The van der Waals surface area contributed by atoms with Crippen LogP contribution in [0.25, 0.3) is 0 Å². The van der Waals surface area contributed by atoms with Crippen molar-refractivity contribution in [2.75, 3.05) is 39.8 Å². The third-order valence-electron chi connectivity index (χ3n) is 2.54. The Morgan fingerprint density at radius 1 is 1.21 bits per heavy atom. The molecule has 0 saturated heterocycles. The molecule has 0 unspecified atom stereocenters. The van der Waals surface area contributed by atoms with Crippen molar-refractivity contribution < 1.29 is 14.7 Å². The van der Waals surface area contributed by atoms with Crippen LogP contribution in [0.4, 0.5) is 0 Å². The van der Waals surface area contributed by atoms with Crippen LogP contribution in [-0.2, 0) is 9.59 Å². The molecule has 6 heteroatoms. The maximum Gasteiger partial charge on any atom is 0.240 e. The second-order valence-corrected chi connectivity index (χ2v) is 5.64. The van der Waals surface area contributed by atoms with Gasteiger partial charge in [0, 0.05) is 19.1 Å². The lowest BCUT2D eigenvalue weighted by Crippen LogP contribution is -2.48. The number of nitrogens with zero attached hydrogens (tertiary/aromatic N) is 2. The minimum atomic E-state index is -0.298. The van der Waals surface area contributed by atoms with Crippen LogP contribution in [0, 0.1) is 0 Å². The SMILES string of the molecule is CCN(CCO)CC(=O)N(C)CC(=O)NC(C)(C)C. The van der Waals surface area contributed by atoms with Crippen molar-refractivity contribution in [2.45, 2.75) is 33.2 Å². The number of carbonyl (C=O) groups excluding carboxylic acids is 2. The molecule has 0 aliphatic rings. The van der Waals surface area contributed by atoms with Gasteiger partial charge in [-0.3, -0.25) is 14.5 Å². The molecule has 0 aliphatic carbocycles. The molecule has 19 heavy (non-hydrogen) atoms. The van der Waals surface area contributed by atoms with Crippen LogP contribution in [0.3, 0.4) is 0 Å². The van der Waals surface area contributed by atoms with Crippen LogP contribution >= 0.6 is 0 Å². The molecule has 0 aromatic rings. The summed E-state index contributed by atoms with van der Waals surface area (Å²) in [6, 6.07) is 0. The van der Waals surface area contributed by atoms with E-state index in [1.54, 1.807) is 7.05 Å². The van der Waals surface area contributed by atoms with Gasteiger partial charge in [-0.25, -0.2) is 0 Å². The topological polar surface area (TPSA) is 72.9 Å². The molecule has 0 rings (SSSR count). The Kier molecular flexibility index (Phi) is 7.63. The molecular weight excluding hydrogens is 246 g/mol. The monoisotopic (exact) mass is 273 g/mol. The van der Waals surface area contributed by atoms with E-state index in [1.165, 1.54) is 4.90 Å². The molecular formula is C13H27N3O3. The fourth-order valence-electron chi connectivity index (χ4n) is 1.56. The summed E-state index contributed by atoms with van der Waals surface area (Å²) < 4.78 is 0. The molecule has 2 N–H and O–H groups in total. The van der Waals surface area contributed by atoms with E-state index in [0.29, 0.717) is 13.1 Å². The van der Waals surface area contributed by atoms with Crippen molar-refractivity contribution in [1.82, 2.24) is 15.1 Å². The summed E-state index contributed by atoms with van der Waals surface area (Å²) in [6.45, 7) is 9.05. The van der Waals surface area contributed by atoms with Gasteiger partial charge in [0.05, 0.1) is 19.7 Å². The number of hydrogen-bond acceptors (Lipinski definition) is 4. The van der Waals surface area contributed by atoms with Gasteiger partial charge in [0.2, 0.25) is 11.8 Å². The molecule has 0 heterocycles. The molecule has 0 aromatic carbocycles. The molecule has 0 bridgehead atoms. The lowest BCUT2D eigenvalue weighted by molar-refractivity contribution is -0.136. The summed E-state index contributed by atoms with van der Waals surface area (Å²) >= 11 is 0. The largest absolute Gasteiger partial charge is 0.395 e. The Bertz CT molecular complexity index is 300. The van der Waals surface area contributed by atoms with Gasteiger partial charge in [-0.15, -0.1) is 0 Å². The van der Waals surface area contributed by atoms with E-state index in [1.807, 2.05) is 32.6 Å². The Labute approximate surface area is 115 Å². The number of carbonyl (C=O) groups is 2. The van der Waals surface area contributed by atoms with E-state index in [-0.39, 0.29) is 37.0 Å². The third-order valence-corrected chi connectivity index (χ3v) is 2.54. The van der Waals surface area contributed by atoms with E-state index in [0.717, 1.165) is 0 Å². The maximum absolute atomic E-state index is 11.9. The number of rotatable bonds is 7. The molecule has 2 amide bonds. The Hall–Kier alpha value is -1.14. The number of likely N-dealkylation sites (N-methyl/N-ethyl adjacent to an activating group) is 2. The number of amides is 2. The zero-order chi connectivity index (χ0) is 15.1. The summed E-state index contributed by atoms with van der Waals surface area (Å²) in [5.74, 6) is -0.298. The van der Waals surface area contributed by atoms with Gasteiger partial charge in [0.15, 0.2) is 0 Å². The van der Waals surface area contributed by atoms with Crippen molar-refractivity contribution in [3.63, 3.8) is 0 Å². The molecule has 0 saturated carbocycles. The van der Waals surface area contributed by atoms with Gasteiger partial charge in [0.25, 0.3) is 0 Å². The van der Waals surface area contributed by atoms with Crippen molar-refractivity contribution in [1.29, 1.82) is 0 Å². The Balaban J connectivity index is 4.23. The van der Waals surface area contributed by atoms with Gasteiger partial charge in [0.1, 0.15) is 0 Å². The molecule has 0 spiro atoms. The predicted octanol–water partition coefficient (Wildman–Crippen LogP) is -0.326. The fourth-order valence-corrected chi connectivity index (χ4v) is 1.56. The highest BCUT2D eigenvalue weighted by Gasteiger charge is 2.18. The first-order chi connectivity index (χ1) is 8.69. The zero-order valence-electron chi connectivity index (χ0n) is 12.7. The number of nitrogens with one attached hydrogen (secondary N) is 1. The van der Waals surface area contributed by atoms with E-state index in [4.69, 9.17) is 5.11 Å². The highest BCUT2D eigenvalue weighted by Crippen LogP contribution is 1.99. The minimum absolute atomic E-state index is 0.0232. The van der Waals surface area contributed by atoms with Crippen molar-refractivity contribution >= 4 is 11.8 Å². The average molecular weight is 273 g/mol. The first-order valence-electron chi connectivity index (χ1n) is 6.57. The summed E-state index contributed by atoms with van der Waals surface area (Å²) in [5.41, 5.74) is -0.298. The predicted molar refractivity (Wildman–Crippen MR) is 74.7 cm³/mol. The molecule has 0 fully saturated rings. The number of hydrogen-bond donors (Lipinski definition) is 2. The van der Waals surface area contributed by atoms with Crippen LogP contribution in [0.2, 0.25) is 0 Å². The van der Waals surface area contributed by atoms with Gasteiger partial charge in [-0.05, 0) is 27.3 Å². The Morgan fingerprint density at radius 3 is 2.21 bits per heavy atom. The lowest BCUT2D eigenvalue weighted by atomic mass is 10.1. The maximum atomic E-state index is 11.9. The average Bonchev–Trinajstić information content (AvgIpc) is 2.25. The van der Waals surface area contributed by atoms with Crippen LogP contribution in [0.5, 0.6) is 0 Å². The fraction of sp³-hybridized carbons (Fsp3) is 0.846. The van der Waals surface area contributed by atoms with Gasteiger partial charge in [-0.1, -0.05) is 6.92 Å². The first kappa shape index (κ1) is 17.9. The van der Waals surface area contributed by atoms with Crippen molar-refractivity contribution in [3.05, 3.63) is 0 Å². The Morgan fingerprint density at radius 2 is 1.79 bits per heavy atom. The van der Waals surface area contributed by atoms with E-state index < -0.39 is 0 Å².